The van der Waals surface area contributed by atoms with Gasteiger partial charge in [-0.1, -0.05) is 19.1 Å². The van der Waals surface area contributed by atoms with Gasteiger partial charge in [0.05, 0.1) is 11.1 Å². The molecule has 1 saturated carbocycles. The van der Waals surface area contributed by atoms with Crippen molar-refractivity contribution in [2.45, 2.75) is 25.7 Å². The van der Waals surface area contributed by atoms with Crippen LogP contribution in [0.15, 0.2) is 30.5 Å². The molecule has 2 aromatic rings. The maximum atomic E-state index is 13.0. The van der Waals surface area contributed by atoms with Gasteiger partial charge >= 0.3 is 0 Å². The van der Waals surface area contributed by atoms with Gasteiger partial charge < -0.3 is 10.2 Å². The van der Waals surface area contributed by atoms with Gasteiger partial charge in [-0.15, -0.1) is 0 Å². The first-order chi connectivity index (χ1) is 13.7. The van der Waals surface area contributed by atoms with Crippen molar-refractivity contribution < 1.29 is 4.79 Å². The number of rotatable bonds is 3. The van der Waals surface area contributed by atoms with Crippen molar-refractivity contribution in [3.63, 3.8) is 0 Å². The SMILES string of the molecule is C[C@@H]1C[C@H](c2ccc(C#N)c3ncccc23)CN(C(=O)C[C@H]2[C@@H]3CNC[C@@H]32)C1. The molecule has 0 bridgehead atoms. The lowest BCUT2D eigenvalue weighted by Gasteiger charge is -2.37. The molecule has 144 valence electrons. The zero-order valence-electron chi connectivity index (χ0n) is 16.3. The van der Waals surface area contributed by atoms with Crippen molar-refractivity contribution in [2.75, 3.05) is 26.2 Å². The average molecular weight is 374 g/mol. The van der Waals surface area contributed by atoms with E-state index in [1.54, 1.807) is 6.20 Å². The summed E-state index contributed by atoms with van der Waals surface area (Å²) in [5.41, 5.74) is 2.61. The van der Waals surface area contributed by atoms with Crippen molar-refractivity contribution in [3.8, 4) is 6.07 Å². The molecule has 1 amide bonds. The molecule has 1 aromatic carbocycles. The molecule has 2 aliphatic heterocycles. The van der Waals surface area contributed by atoms with Gasteiger partial charge in [-0.3, -0.25) is 9.78 Å². The van der Waals surface area contributed by atoms with Gasteiger partial charge in [0.25, 0.3) is 0 Å². The molecule has 3 heterocycles. The first-order valence-corrected chi connectivity index (χ1v) is 10.4. The molecule has 3 aliphatic rings. The Morgan fingerprint density at radius 1 is 1.29 bits per heavy atom. The topological polar surface area (TPSA) is 69.0 Å². The number of carbonyl (C=O) groups excluding carboxylic acids is 1. The van der Waals surface area contributed by atoms with Crippen molar-refractivity contribution in [1.82, 2.24) is 15.2 Å². The number of likely N-dealkylation sites (tertiary alicyclic amines) is 1. The third-order valence-electron chi connectivity index (χ3n) is 7.06. The normalized spacial score (nSPS) is 31.4. The second kappa shape index (κ2) is 6.86. The van der Waals surface area contributed by atoms with Gasteiger partial charge in [-0.2, -0.15) is 5.26 Å². The van der Waals surface area contributed by atoms with Crippen LogP contribution in [0.25, 0.3) is 10.9 Å². The minimum absolute atomic E-state index is 0.299. The van der Waals surface area contributed by atoms with E-state index in [4.69, 9.17) is 0 Å². The number of nitrogens with zero attached hydrogens (tertiary/aromatic N) is 3. The first kappa shape index (κ1) is 17.6. The molecule has 0 radical (unpaired) electrons. The van der Waals surface area contributed by atoms with Gasteiger partial charge in [0.1, 0.15) is 6.07 Å². The second-order valence-corrected chi connectivity index (χ2v) is 8.90. The quantitative estimate of drug-likeness (QED) is 0.897. The van der Waals surface area contributed by atoms with Gasteiger partial charge in [-0.05, 0) is 60.9 Å². The summed E-state index contributed by atoms with van der Waals surface area (Å²) in [6.07, 6.45) is 3.53. The summed E-state index contributed by atoms with van der Waals surface area (Å²) in [5, 5.41) is 13.9. The summed E-state index contributed by atoms with van der Waals surface area (Å²) in [5.74, 6) is 3.17. The fourth-order valence-electron chi connectivity index (χ4n) is 5.60. The Morgan fingerprint density at radius 3 is 2.89 bits per heavy atom. The summed E-state index contributed by atoms with van der Waals surface area (Å²) >= 11 is 0. The van der Waals surface area contributed by atoms with E-state index in [0.717, 1.165) is 55.3 Å². The minimum atomic E-state index is 0.299. The van der Waals surface area contributed by atoms with Crippen LogP contribution in [-0.2, 0) is 4.79 Å². The van der Waals surface area contributed by atoms with Crippen LogP contribution in [0.5, 0.6) is 0 Å². The molecular weight excluding hydrogens is 348 g/mol. The van der Waals surface area contributed by atoms with Crippen molar-refractivity contribution in [2.24, 2.45) is 23.7 Å². The minimum Gasteiger partial charge on any atom is -0.342 e. The number of amides is 1. The molecule has 28 heavy (non-hydrogen) atoms. The molecule has 5 nitrogen and oxygen atoms in total. The maximum Gasteiger partial charge on any atom is 0.222 e. The standard InChI is InChI=1S/C23H26N4O/c1-14-7-16(17-5-4-15(9-24)23-18(17)3-2-6-26-23)13-27(12-14)22(28)8-19-20-10-25-11-21(19)20/h2-6,14,16,19-21,25H,7-8,10-13H2,1H3/t14-,16+,19-,20-,21+/m1/s1. The Hall–Kier alpha value is -2.45. The third-order valence-corrected chi connectivity index (χ3v) is 7.06. The first-order valence-electron chi connectivity index (χ1n) is 10.4. The lowest BCUT2D eigenvalue weighted by Crippen LogP contribution is -2.43. The van der Waals surface area contributed by atoms with Crippen LogP contribution in [0.4, 0.5) is 0 Å². The van der Waals surface area contributed by atoms with Crippen molar-refractivity contribution in [3.05, 3.63) is 41.6 Å². The molecule has 1 aromatic heterocycles. The Labute approximate surface area is 165 Å². The van der Waals surface area contributed by atoms with Crippen LogP contribution in [0, 0.1) is 35.0 Å². The maximum absolute atomic E-state index is 13.0. The fourth-order valence-corrected chi connectivity index (χ4v) is 5.60. The monoisotopic (exact) mass is 374 g/mol. The number of piperidine rings is 2. The van der Waals surface area contributed by atoms with Crippen LogP contribution < -0.4 is 5.32 Å². The van der Waals surface area contributed by atoms with Crippen LogP contribution in [0.3, 0.4) is 0 Å². The molecule has 5 rings (SSSR count). The number of fused-ring (bicyclic) bond motifs is 2. The number of aromatic nitrogens is 1. The van der Waals surface area contributed by atoms with E-state index in [1.165, 1.54) is 5.56 Å². The van der Waals surface area contributed by atoms with Gasteiger partial charge in [0, 0.05) is 37.0 Å². The van der Waals surface area contributed by atoms with E-state index in [9.17, 15) is 10.1 Å². The smallest absolute Gasteiger partial charge is 0.222 e. The van der Waals surface area contributed by atoms with E-state index >= 15 is 0 Å². The highest BCUT2D eigenvalue weighted by molar-refractivity contribution is 5.87. The largest absolute Gasteiger partial charge is 0.342 e. The van der Waals surface area contributed by atoms with Gasteiger partial charge in [0.15, 0.2) is 0 Å². The van der Waals surface area contributed by atoms with Gasteiger partial charge in [-0.25, -0.2) is 0 Å². The summed E-state index contributed by atoms with van der Waals surface area (Å²) in [6, 6.07) is 10.2. The molecule has 1 N–H and O–H groups in total. The summed E-state index contributed by atoms with van der Waals surface area (Å²) in [6.45, 7) is 6.06. The summed E-state index contributed by atoms with van der Waals surface area (Å²) in [7, 11) is 0. The fraction of sp³-hybridized carbons (Fsp3) is 0.522. The highest BCUT2D eigenvalue weighted by Gasteiger charge is 2.53. The molecule has 5 atom stereocenters. The highest BCUT2D eigenvalue weighted by atomic mass is 16.2. The van der Waals surface area contributed by atoms with Crippen molar-refractivity contribution in [1.29, 1.82) is 5.26 Å². The number of carbonyl (C=O) groups is 1. The number of pyridine rings is 1. The van der Waals surface area contributed by atoms with E-state index in [0.29, 0.717) is 35.6 Å². The lowest BCUT2D eigenvalue weighted by atomic mass is 9.83. The summed E-state index contributed by atoms with van der Waals surface area (Å²) in [4.78, 5) is 19.6. The zero-order valence-corrected chi connectivity index (χ0v) is 16.3. The van der Waals surface area contributed by atoms with E-state index in [2.05, 4.69) is 40.3 Å². The van der Waals surface area contributed by atoms with E-state index in [1.807, 2.05) is 12.1 Å². The molecular formula is C23H26N4O. The van der Waals surface area contributed by atoms with Crippen LogP contribution >= 0.6 is 0 Å². The van der Waals surface area contributed by atoms with Crippen LogP contribution in [-0.4, -0.2) is 42.0 Å². The van der Waals surface area contributed by atoms with E-state index < -0.39 is 0 Å². The van der Waals surface area contributed by atoms with Gasteiger partial charge in [0.2, 0.25) is 5.91 Å². The number of hydrogen-bond acceptors (Lipinski definition) is 4. The number of benzene rings is 1. The molecule has 1 aliphatic carbocycles. The Balaban J connectivity index is 1.38. The van der Waals surface area contributed by atoms with Crippen LogP contribution in [0.2, 0.25) is 0 Å². The second-order valence-electron chi connectivity index (χ2n) is 8.90. The highest BCUT2D eigenvalue weighted by Crippen LogP contribution is 2.51. The number of hydrogen-bond donors (Lipinski definition) is 1. The average Bonchev–Trinajstić information content (AvgIpc) is 3.12. The third kappa shape index (κ3) is 2.97. The van der Waals surface area contributed by atoms with Crippen LogP contribution in [0.1, 0.15) is 36.8 Å². The molecule has 5 heteroatoms. The Kier molecular flexibility index (Phi) is 4.32. The number of nitrogens with one attached hydrogen (secondary N) is 1. The zero-order chi connectivity index (χ0) is 19.3. The predicted octanol–water partition coefficient (Wildman–Crippen LogP) is 2.91. The molecule has 3 fully saturated rings. The molecule has 2 saturated heterocycles. The Morgan fingerprint density at radius 2 is 2.11 bits per heavy atom. The number of nitriles is 1. The van der Waals surface area contributed by atoms with Crippen molar-refractivity contribution >= 4 is 16.8 Å². The van der Waals surface area contributed by atoms with E-state index in [-0.39, 0.29) is 0 Å². The lowest BCUT2D eigenvalue weighted by molar-refractivity contribution is -0.133. The predicted molar refractivity (Wildman–Crippen MR) is 108 cm³/mol. The molecule has 0 unspecified atom stereocenters. The summed E-state index contributed by atoms with van der Waals surface area (Å²) < 4.78 is 0. The molecule has 0 spiro atoms. The Bertz CT molecular complexity index is 955.